The van der Waals surface area contributed by atoms with Crippen LogP contribution in [-0.4, -0.2) is 24.4 Å². The average molecular weight is 301 g/mol. The third-order valence-electron chi connectivity index (χ3n) is 3.99. The molecule has 122 valence electrons. The van der Waals surface area contributed by atoms with Crippen molar-refractivity contribution in [3.05, 3.63) is 48.0 Å². The second-order valence-corrected chi connectivity index (χ2v) is 6.28. The van der Waals surface area contributed by atoms with Crippen LogP contribution in [0.2, 0.25) is 0 Å². The van der Waals surface area contributed by atoms with E-state index in [-0.39, 0.29) is 5.91 Å². The number of hydrogen-bond donors (Lipinski definition) is 0. The number of aryl methyl sites for hydroxylation is 1. The topological polar surface area (TPSA) is 20.3 Å². The predicted molar refractivity (Wildman–Crippen MR) is 94.9 cm³/mol. The van der Waals surface area contributed by atoms with E-state index >= 15 is 0 Å². The fourth-order valence-electron chi connectivity index (χ4n) is 2.52. The van der Waals surface area contributed by atoms with Crippen molar-refractivity contribution < 1.29 is 4.79 Å². The number of amides is 1. The largest absolute Gasteiger partial charge is 0.346 e. The van der Waals surface area contributed by atoms with Gasteiger partial charge in [-0.2, -0.15) is 0 Å². The Labute approximate surface area is 136 Å². The Morgan fingerprint density at radius 2 is 1.64 bits per heavy atom. The van der Waals surface area contributed by atoms with E-state index in [0.717, 1.165) is 25.8 Å². The van der Waals surface area contributed by atoms with Gasteiger partial charge in [0.05, 0.1) is 0 Å². The van der Waals surface area contributed by atoms with Crippen molar-refractivity contribution in [1.82, 2.24) is 4.90 Å². The molecule has 0 unspecified atom stereocenters. The lowest BCUT2D eigenvalue weighted by Crippen LogP contribution is -2.27. The van der Waals surface area contributed by atoms with Crippen LogP contribution in [0.1, 0.15) is 57.4 Å². The summed E-state index contributed by atoms with van der Waals surface area (Å²) in [5, 5.41) is 0. The van der Waals surface area contributed by atoms with Gasteiger partial charge in [0, 0.05) is 20.0 Å². The monoisotopic (exact) mass is 301 g/mol. The van der Waals surface area contributed by atoms with Gasteiger partial charge in [-0.05, 0) is 38.2 Å². The minimum atomic E-state index is 0.256. The molecule has 1 rings (SSSR count). The summed E-state index contributed by atoms with van der Waals surface area (Å²) in [4.78, 5) is 14.0. The van der Waals surface area contributed by atoms with Gasteiger partial charge in [0.1, 0.15) is 0 Å². The molecule has 0 heterocycles. The third kappa shape index (κ3) is 8.66. The lowest BCUT2D eigenvalue weighted by Gasteiger charge is -2.17. The van der Waals surface area contributed by atoms with Crippen LogP contribution < -0.4 is 0 Å². The van der Waals surface area contributed by atoms with Gasteiger partial charge >= 0.3 is 0 Å². The summed E-state index contributed by atoms with van der Waals surface area (Å²) in [7, 11) is 1.92. The number of hydrogen-bond acceptors (Lipinski definition) is 1. The van der Waals surface area contributed by atoms with Crippen LogP contribution in [0.15, 0.2) is 42.5 Å². The van der Waals surface area contributed by atoms with E-state index in [1.165, 1.54) is 36.8 Å². The zero-order valence-electron chi connectivity index (χ0n) is 14.3. The van der Waals surface area contributed by atoms with Crippen molar-refractivity contribution in [2.24, 2.45) is 0 Å². The SMILES string of the molecule is C=C(C)CCCCCCCN(C)C(=O)CCc1ccccc1. The minimum absolute atomic E-state index is 0.256. The molecule has 0 radical (unpaired) electrons. The normalized spacial score (nSPS) is 10.5. The van der Waals surface area contributed by atoms with E-state index in [1.807, 2.05) is 30.1 Å². The Kier molecular flexibility index (Phi) is 9.29. The molecule has 1 aromatic carbocycles. The quantitative estimate of drug-likeness (QED) is 0.416. The Bertz CT molecular complexity index is 438. The molecule has 0 saturated carbocycles. The van der Waals surface area contributed by atoms with Gasteiger partial charge in [-0.25, -0.2) is 0 Å². The molecule has 0 aliphatic carbocycles. The van der Waals surface area contributed by atoms with Gasteiger partial charge in [-0.3, -0.25) is 4.79 Å². The molecule has 0 fully saturated rings. The summed E-state index contributed by atoms with van der Waals surface area (Å²) in [6, 6.07) is 10.2. The van der Waals surface area contributed by atoms with Gasteiger partial charge < -0.3 is 4.90 Å². The maximum Gasteiger partial charge on any atom is 0.222 e. The molecule has 0 saturated heterocycles. The second-order valence-electron chi connectivity index (χ2n) is 6.28. The average Bonchev–Trinajstić information content (AvgIpc) is 2.52. The number of benzene rings is 1. The lowest BCUT2D eigenvalue weighted by atomic mass is 10.1. The van der Waals surface area contributed by atoms with Crippen LogP contribution in [0.5, 0.6) is 0 Å². The highest BCUT2D eigenvalue weighted by Crippen LogP contribution is 2.10. The van der Waals surface area contributed by atoms with E-state index in [0.29, 0.717) is 6.42 Å². The molecule has 0 N–H and O–H groups in total. The first kappa shape index (κ1) is 18.5. The van der Waals surface area contributed by atoms with Crippen LogP contribution in [0, 0.1) is 0 Å². The van der Waals surface area contributed by atoms with Crippen LogP contribution in [-0.2, 0) is 11.2 Å². The van der Waals surface area contributed by atoms with Crippen LogP contribution in [0.3, 0.4) is 0 Å². The molecule has 1 aromatic rings. The first-order valence-electron chi connectivity index (χ1n) is 8.52. The van der Waals surface area contributed by atoms with E-state index in [2.05, 4.69) is 25.6 Å². The van der Waals surface area contributed by atoms with Crippen molar-refractivity contribution in [3.8, 4) is 0 Å². The van der Waals surface area contributed by atoms with Gasteiger partial charge in [0.2, 0.25) is 5.91 Å². The second kappa shape index (κ2) is 11.1. The summed E-state index contributed by atoms with van der Waals surface area (Å²) >= 11 is 0. The Morgan fingerprint density at radius 1 is 1.00 bits per heavy atom. The molecule has 2 nitrogen and oxygen atoms in total. The standard InChI is InChI=1S/C20H31NO/c1-18(2)12-8-5-4-6-11-17-21(3)20(22)16-15-19-13-9-7-10-14-19/h7,9-10,13-14H,1,4-6,8,11-12,15-17H2,2-3H3. The van der Waals surface area contributed by atoms with Crippen LogP contribution >= 0.6 is 0 Å². The van der Waals surface area contributed by atoms with E-state index in [1.54, 1.807) is 0 Å². The molecule has 2 heteroatoms. The number of nitrogens with zero attached hydrogens (tertiary/aromatic N) is 1. The van der Waals surface area contributed by atoms with Gasteiger partial charge in [-0.1, -0.05) is 55.2 Å². The van der Waals surface area contributed by atoms with E-state index < -0.39 is 0 Å². The third-order valence-corrected chi connectivity index (χ3v) is 3.99. The van der Waals surface area contributed by atoms with Crippen LogP contribution in [0.25, 0.3) is 0 Å². The van der Waals surface area contributed by atoms with Gasteiger partial charge in [0.25, 0.3) is 0 Å². The Hall–Kier alpha value is -1.57. The summed E-state index contributed by atoms with van der Waals surface area (Å²) in [6.45, 7) is 6.90. The zero-order valence-corrected chi connectivity index (χ0v) is 14.3. The highest BCUT2D eigenvalue weighted by Gasteiger charge is 2.08. The molecule has 1 amide bonds. The molecule has 0 aliphatic rings. The number of carbonyl (C=O) groups is 1. The molecular formula is C20H31NO. The maximum absolute atomic E-state index is 12.1. The molecule has 0 spiro atoms. The molecule has 22 heavy (non-hydrogen) atoms. The summed E-state index contributed by atoms with van der Waals surface area (Å²) in [5.41, 5.74) is 2.52. The van der Waals surface area contributed by atoms with E-state index in [9.17, 15) is 4.79 Å². The molecular weight excluding hydrogens is 270 g/mol. The number of rotatable bonds is 11. The fraction of sp³-hybridized carbons (Fsp3) is 0.550. The Balaban J connectivity index is 2.05. The Morgan fingerprint density at radius 3 is 2.32 bits per heavy atom. The fourth-order valence-corrected chi connectivity index (χ4v) is 2.52. The predicted octanol–water partition coefficient (Wildman–Crippen LogP) is 4.99. The molecule has 0 aliphatic heterocycles. The van der Waals surface area contributed by atoms with E-state index in [4.69, 9.17) is 0 Å². The van der Waals surface area contributed by atoms with Crippen molar-refractivity contribution in [2.75, 3.05) is 13.6 Å². The maximum atomic E-state index is 12.1. The summed E-state index contributed by atoms with van der Waals surface area (Å²) in [6.07, 6.45) is 8.72. The summed E-state index contributed by atoms with van der Waals surface area (Å²) in [5.74, 6) is 0.256. The lowest BCUT2D eigenvalue weighted by molar-refractivity contribution is -0.129. The smallest absolute Gasteiger partial charge is 0.222 e. The molecule has 0 aromatic heterocycles. The van der Waals surface area contributed by atoms with Crippen LogP contribution in [0.4, 0.5) is 0 Å². The molecule has 0 atom stereocenters. The zero-order chi connectivity index (χ0) is 16.2. The van der Waals surface area contributed by atoms with Gasteiger partial charge in [0.15, 0.2) is 0 Å². The van der Waals surface area contributed by atoms with Gasteiger partial charge in [-0.15, -0.1) is 6.58 Å². The number of carbonyl (C=O) groups excluding carboxylic acids is 1. The number of unbranched alkanes of at least 4 members (excludes halogenated alkanes) is 4. The first-order chi connectivity index (χ1) is 10.6. The molecule has 0 bridgehead atoms. The minimum Gasteiger partial charge on any atom is -0.346 e. The summed E-state index contributed by atoms with van der Waals surface area (Å²) < 4.78 is 0. The highest BCUT2D eigenvalue weighted by atomic mass is 16.2. The van der Waals surface area contributed by atoms with Crippen molar-refractivity contribution in [1.29, 1.82) is 0 Å². The van der Waals surface area contributed by atoms with Crippen molar-refractivity contribution >= 4 is 5.91 Å². The number of allylic oxidation sites excluding steroid dienone is 1. The highest BCUT2D eigenvalue weighted by molar-refractivity contribution is 5.76. The first-order valence-corrected chi connectivity index (χ1v) is 8.52. The van der Waals surface area contributed by atoms with Crippen molar-refractivity contribution in [2.45, 2.75) is 58.3 Å². The van der Waals surface area contributed by atoms with Crippen molar-refractivity contribution in [3.63, 3.8) is 0 Å².